The van der Waals surface area contributed by atoms with Gasteiger partial charge in [0.05, 0.1) is 23.1 Å². The smallest absolute Gasteiger partial charge is 0.319 e. The fraction of sp³-hybridized carbons (Fsp3) is 0.263. The van der Waals surface area contributed by atoms with Gasteiger partial charge in [0.15, 0.2) is 5.82 Å². The van der Waals surface area contributed by atoms with Crippen LogP contribution in [-0.2, 0) is 6.54 Å². The molecule has 3 aromatic rings. The normalized spacial score (nSPS) is 13.7. The number of hydrogen-bond donors (Lipinski definition) is 3. The highest BCUT2D eigenvalue weighted by atomic mass is 16.2. The van der Waals surface area contributed by atoms with Gasteiger partial charge in [-0.3, -0.25) is 4.79 Å². The monoisotopic (exact) mass is 364 g/mol. The molecule has 1 fully saturated rings. The largest absolute Gasteiger partial charge is 0.355 e. The topological polar surface area (TPSA) is 103 Å². The van der Waals surface area contributed by atoms with Gasteiger partial charge in [-0.1, -0.05) is 12.1 Å². The molecule has 1 aliphatic heterocycles. The molecule has 8 nitrogen and oxygen atoms in total. The number of benzene rings is 1. The Bertz CT molecular complexity index is 1030. The summed E-state index contributed by atoms with van der Waals surface area (Å²) in [5, 5.41) is 6.09. The van der Waals surface area contributed by atoms with Crippen molar-refractivity contribution in [3.05, 3.63) is 58.8 Å². The molecule has 1 aromatic carbocycles. The number of fused-ring (bicyclic) bond motifs is 1. The average Bonchev–Trinajstić information content (AvgIpc) is 3.21. The van der Waals surface area contributed by atoms with Crippen LogP contribution in [0.2, 0.25) is 0 Å². The summed E-state index contributed by atoms with van der Waals surface area (Å²) in [5.74, 6) is 1.18. The zero-order valence-electron chi connectivity index (χ0n) is 14.7. The SMILES string of the molecule is O=C(NCc1nc2ccccc2c(=O)[nH]1)Nc1cccnc1N1CCCC1. The molecule has 1 aliphatic rings. The molecule has 0 aliphatic carbocycles. The number of para-hydroxylation sites is 1. The van der Waals surface area contributed by atoms with E-state index in [0.29, 0.717) is 22.4 Å². The summed E-state index contributed by atoms with van der Waals surface area (Å²) in [4.78, 5) is 38.0. The van der Waals surface area contributed by atoms with Gasteiger partial charge in [-0.2, -0.15) is 0 Å². The number of nitrogens with zero attached hydrogens (tertiary/aromatic N) is 3. The zero-order valence-corrected chi connectivity index (χ0v) is 14.7. The molecule has 138 valence electrons. The lowest BCUT2D eigenvalue weighted by molar-refractivity contribution is 0.251. The molecule has 3 heterocycles. The molecule has 0 radical (unpaired) electrons. The highest BCUT2D eigenvalue weighted by Gasteiger charge is 2.18. The number of carbonyl (C=O) groups excluding carboxylic acids is 1. The number of rotatable bonds is 4. The number of urea groups is 1. The maximum absolute atomic E-state index is 12.3. The minimum atomic E-state index is -0.376. The maximum Gasteiger partial charge on any atom is 0.319 e. The lowest BCUT2D eigenvalue weighted by Crippen LogP contribution is -2.31. The van der Waals surface area contributed by atoms with E-state index in [1.807, 2.05) is 12.1 Å². The van der Waals surface area contributed by atoms with Crippen molar-refractivity contribution in [2.45, 2.75) is 19.4 Å². The third kappa shape index (κ3) is 3.74. The van der Waals surface area contributed by atoms with Crippen LogP contribution in [0.5, 0.6) is 0 Å². The molecular weight excluding hydrogens is 344 g/mol. The second-order valence-electron chi connectivity index (χ2n) is 6.41. The van der Waals surface area contributed by atoms with E-state index in [1.54, 1.807) is 30.5 Å². The van der Waals surface area contributed by atoms with Crippen LogP contribution in [-0.4, -0.2) is 34.1 Å². The minimum Gasteiger partial charge on any atom is -0.355 e. The molecule has 0 unspecified atom stereocenters. The Kier molecular flexibility index (Phi) is 4.69. The predicted molar refractivity (Wildman–Crippen MR) is 104 cm³/mol. The first-order valence-corrected chi connectivity index (χ1v) is 8.93. The van der Waals surface area contributed by atoms with Crippen molar-refractivity contribution < 1.29 is 4.79 Å². The van der Waals surface area contributed by atoms with Gasteiger partial charge < -0.3 is 20.5 Å². The van der Waals surface area contributed by atoms with Crippen molar-refractivity contribution in [1.82, 2.24) is 20.3 Å². The molecule has 8 heteroatoms. The number of H-pyrrole nitrogens is 1. The van der Waals surface area contributed by atoms with Crippen molar-refractivity contribution in [2.24, 2.45) is 0 Å². The second kappa shape index (κ2) is 7.45. The van der Waals surface area contributed by atoms with E-state index in [-0.39, 0.29) is 18.1 Å². The molecule has 0 spiro atoms. The summed E-state index contributed by atoms with van der Waals surface area (Å²) in [6, 6.07) is 10.3. The van der Waals surface area contributed by atoms with Crippen LogP contribution < -0.4 is 21.1 Å². The van der Waals surface area contributed by atoms with Gasteiger partial charge >= 0.3 is 6.03 Å². The third-order valence-corrected chi connectivity index (χ3v) is 4.52. The molecule has 2 aromatic heterocycles. The van der Waals surface area contributed by atoms with Crippen LogP contribution in [0.1, 0.15) is 18.7 Å². The summed E-state index contributed by atoms with van der Waals surface area (Å²) in [6.45, 7) is 2.00. The molecular formula is C19H20N6O2. The Morgan fingerprint density at radius 2 is 1.96 bits per heavy atom. The first kappa shape index (κ1) is 17.0. The fourth-order valence-electron chi connectivity index (χ4n) is 3.22. The van der Waals surface area contributed by atoms with Gasteiger partial charge in [-0.25, -0.2) is 14.8 Å². The van der Waals surface area contributed by atoms with Crippen molar-refractivity contribution in [3.63, 3.8) is 0 Å². The van der Waals surface area contributed by atoms with Crippen LogP contribution in [0.4, 0.5) is 16.3 Å². The fourth-order valence-corrected chi connectivity index (χ4v) is 3.22. The number of amides is 2. The Labute approximate surface area is 155 Å². The van der Waals surface area contributed by atoms with Crippen molar-refractivity contribution >= 4 is 28.4 Å². The molecule has 27 heavy (non-hydrogen) atoms. The second-order valence-corrected chi connectivity index (χ2v) is 6.41. The van der Waals surface area contributed by atoms with Gasteiger partial charge in [-0.05, 0) is 37.1 Å². The highest BCUT2D eigenvalue weighted by Crippen LogP contribution is 2.25. The molecule has 1 saturated heterocycles. The van der Waals surface area contributed by atoms with E-state index in [0.717, 1.165) is 31.7 Å². The number of carbonyl (C=O) groups is 1. The Hall–Kier alpha value is -3.42. The maximum atomic E-state index is 12.3. The summed E-state index contributed by atoms with van der Waals surface area (Å²) >= 11 is 0. The van der Waals surface area contributed by atoms with E-state index in [9.17, 15) is 9.59 Å². The molecule has 4 rings (SSSR count). The van der Waals surface area contributed by atoms with Crippen LogP contribution in [0.3, 0.4) is 0 Å². The summed E-state index contributed by atoms with van der Waals surface area (Å²) in [6.07, 6.45) is 3.98. The van der Waals surface area contributed by atoms with Crippen LogP contribution in [0.25, 0.3) is 10.9 Å². The molecule has 0 saturated carbocycles. The van der Waals surface area contributed by atoms with Gasteiger partial charge in [0, 0.05) is 19.3 Å². The van der Waals surface area contributed by atoms with Crippen molar-refractivity contribution in [1.29, 1.82) is 0 Å². The summed E-state index contributed by atoms with van der Waals surface area (Å²) in [5.41, 5.74) is 1.04. The van der Waals surface area contributed by atoms with Gasteiger partial charge in [0.2, 0.25) is 0 Å². The van der Waals surface area contributed by atoms with Crippen LogP contribution in [0, 0.1) is 0 Å². The summed E-state index contributed by atoms with van der Waals surface area (Å²) < 4.78 is 0. The van der Waals surface area contributed by atoms with Crippen molar-refractivity contribution in [3.8, 4) is 0 Å². The standard InChI is InChI=1S/C19H20N6O2/c26-18-13-6-1-2-7-14(13)22-16(24-18)12-21-19(27)23-15-8-5-9-20-17(15)25-10-3-4-11-25/h1-2,5-9H,3-4,10-12H2,(H2,21,23,27)(H,22,24,26). The van der Waals surface area contributed by atoms with Crippen LogP contribution in [0.15, 0.2) is 47.4 Å². The minimum absolute atomic E-state index is 0.116. The number of anilines is 2. The van der Waals surface area contributed by atoms with E-state index < -0.39 is 0 Å². The third-order valence-electron chi connectivity index (χ3n) is 4.52. The lowest BCUT2D eigenvalue weighted by Gasteiger charge is -2.20. The number of aromatic nitrogens is 3. The van der Waals surface area contributed by atoms with Gasteiger partial charge in [0.25, 0.3) is 5.56 Å². The lowest BCUT2D eigenvalue weighted by atomic mass is 10.2. The van der Waals surface area contributed by atoms with Gasteiger partial charge in [-0.15, -0.1) is 0 Å². The number of aromatic amines is 1. The van der Waals surface area contributed by atoms with E-state index in [1.165, 1.54) is 0 Å². The Balaban J connectivity index is 1.44. The molecule has 2 amide bonds. The number of pyridine rings is 1. The van der Waals surface area contributed by atoms with E-state index in [2.05, 4.69) is 30.5 Å². The Morgan fingerprint density at radius 1 is 1.15 bits per heavy atom. The van der Waals surface area contributed by atoms with Crippen molar-refractivity contribution in [2.75, 3.05) is 23.3 Å². The first-order chi connectivity index (χ1) is 13.2. The highest BCUT2D eigenvalue weighted by molar-refractivity contribution is 5.92. The Morgan fingerprint density at radius 3 is 2.81 bits per heavy atom. The molecule has 0 bridgehead atoms. The van der Waals surface area contributed by atoms with Crippen LogP contribution >= 0.6 is 0 Å². The number of hydrogen-bond acceptors (Lipinski definition) is 5. The van der Waals surface area contributed by atoms with E-state index in [4.69, 9.17) is 0 Å². The zero-order chi connectivity index (χ0) is 18.6. The van der Waals surface area contributed by atoms with Gasteiger partial charge in [0.1, 0.15) is 5.82 Å². The first-order valence-electron chi connectivity index (χ1n) is 8.93. The molecule has 3 N–H and O–H groups in total. The predicted octanol–water partition coefficient (Wildman–Crippen LogP) is 2.24. The average molecular weight is 364 g/mol. The quantitative estimate of drug-likeness (QED) is 0.659. The number of nitrogens with one attached hydrogen (secondary N) is 3. The summed E-state index contributed by atoms with van der Waals surface area (Å²) in [7, 11) is 0. The van der Waals surface area contributed by atoms with E-state index >= 15 is 0 Å². The molecule has 0 atom stereocenters.